The summed E-state index contributed by atoms with van der Waals surface area (Å²) in [4.78, 5) is 25.5. The number of carbonyl (C=O) groups excluding carboxylic acids is 2. The lowest BCUT2D eigenvalue weighted by Gasteiger charge is -2.18. The van der Waals surface area contributed by atoms with Gasteiger partial charge in [-0.05, 0) is 25.5 Å². The Morgan fingerprint density at radius 2 is 2.16 bits per heavy atom. The maximum absolute atomic E-state index is 12.4. The molecule has 0 aliphatic carbocycles. The molecule has 9 heteroatoms. The van der Waals surface area contributed by atoms with Crippen molar-refractivity contribution in [2.45, 2.75) is 32.2 Å². The second-order valence-electron chi connectivity index (χ2n) is 5.39. The molecule has 0 aromatic heterocycles. The smallest absolute Gasteiger partial charge is 0.406 e. The number of rotatable bonds is 7. The number of benzene rings is 1. The predicted molar refractivity (Wildman–Crippen MR) is 83.1 cm³/mol. The van der Waals surface area contributed by atoms with Gasteiger partial charge in [0.15, 0.2) is 0 Å². The van der Waals surface area contributed by atoms with Crippen LogP contribution in [0.15, 0.2) is 24.3 Å². The Balaban J connectivity index is 1.97. The highest BCUT2D eigenvalue weighted by Gasteiger charge is 2.35. The molecule has 1 saturated heterocycles. The first-order valence-electron chi connectivity index (χ1n) is 7.84. The third-order valence-corrected chi connectivity index (χ3v) is 3.58. The summed E-state index contributed by atoms with van der Waals surface area (Å²) in [7, 11) is 0. The highest BCUT2D eigenvalue weighted by Crippen LogP contribution is 2.29. The third-order valence-electron chi connectivity index (χ3n) is 3.58. The van der Waals surface area contributed by atoms with E-state index in [1.807, 2.05) is 6.92 Å². The van der Waals surface area contributed by atoms with Crippen LogP contribution < -0.4 is 15.0 Å². The number of carbonyl (C=O) groups is 2. The van der Waals surface area contributed by atoms with Gasteiger partial charge in [0.25, 0.3) is 0 Å². The molecule has 1 aliphatic rings. The van der Waals surface area contributed by atoms with Crippen LogP contribution in [-0.2, 0) is 14.3 Å². The summed E-state index contributed by atoms with van der Waals surface area (Å²) in [5, 5.41) is 2.62. The SMILES string of the molecule is CCOCCC(=O)N[C@@H]1CCN(c2cccc(OC(F)(F)F)c2)C1=O. The summed E-state index contributed by atoms with van der Waals surface area (Å²) < 4.78 is 45.8. The fourth-order valence-corrected chi connectivity index (χ4v) is 2.49. The zero-order valence-electron chi connectivity index (χ0n) is 13.6. The van der Waals surface area contributed by atoms with Crippen molar-refractivity contribution >= 4 is 17.5 Å². The van der Waals surface area contributed by atoms with Gasteiger partial charge in [-0.3, -0.25) is 9.59 Å². The summed E-state index contributed by atoms with van der Waals surface area (Å²) in [6.45, 7) is 2.88. The maximum atomic E-state index is 12.4. The number of halogens is 3. The maximum Gasteiger partial charge on any atom is 0.573 e. The van der Waals surface area contributed by atoms with Crippen molar-refractivity contribution < 1.29 is 32.2 Å². The van der Waals surface area contributed by atoms with Crippen LogP contribution in [-0.4, -0.2) is 44.0 Å². The summed E-state index contributed by atoms with van der Waals surface area (Å²) in [6, 6.07) is 4.49. The second kappa shape index (κ2) is 8.19. The summed E-state index contributed by atoms with van der Waals surface area (Å²) in [5.41, 5.74) is 0.290. The van der Waals surface area contributed by atoms with Crippen molar-refractivity contribution in [3.63, 3.8) is 0 Å². The first-order valence-corrected chi connectivity index (χ1v) is 7.84. The number of ether oxygens (including phenoxy) is 2. The molecule has 1 heterocycles. The van der Waals surface area contributed by atoms with Gasteiger partial charge in [-0.15, -0.1) is 13.2 Å². The number of hydrogen-bond acceptors (Lipinski definition) is 4. The molecule has 1 aromatic carbocycles. The van der Waals surface area contributed by atoms with E-state index in [0.29, 0.717) is 19.6 Å². The molecule has 0 radical (unpaired) electrons. The average molecular weight is 360 g/mol. The summed E-state index contributed by atoms with van der Waals surface area (Å²) >= 11 is 0. The quantitative estimate of drug-likeness (QED) is 0.758. The van der Waals surface area contributed by atoms with Crippen LogP contribution in [0.4, 0.5) is 18.9 Å². The van der Waals surface area contributed by atoms with E-state index in [1.165, 1.54) is 17.0 Å². The molecule has 2 rings (SSSR count). The van der Waals surface area contributed by atoms with Crippen LogP contribution in [0.2, 0.25) is 0 Å². The Morgan fingerprint density at radius 3 is 2.84 bits per heavy atom. The number of amides is 2. The number of anilines is 1. The highest BCUT2D eigenvalue weighted by atomic mass is 19.4. The van der Waals surface area contributed by atoms with Gasteiger partial charge in [-0.1, -0.05) is 6.07 Å². The van der Waals surface area contributed by atoms with Crippen LogP contribution in [0.5, 0.6) is 5.75 Å². The zero-order valence-corrected chi connectivity index (χ0v) is 13.6. The van der Waals surface area contributed by atoms with Gasteiger partial charge >= 0.3 is 6.36 Å². The van der Waals surface area contributed by atoms with E-state index in [2.05, 4.69) is 10.1 Å². The lowest BCUT2D eigenvalue weighted by atomic mass is 10.2. The minimum Gasteiger partial charge on any atom is -0.406 e. The highest BCUT2D eigenvalue weighted by molar-refractivity contribution is 6.01. The Labute approximate surface area is 142 Å². The minimum absolute atomic E-state index is 0.145. The molecule has 6 nitrogen and oxygen atoms in total. The molecule has 1 N–H and O–H groups in total. The van der Waals surface area contributed by atoms with Crippen molar-refractivity contribution in [2.24, 2.45) is 0 Å². The van der Waals surface area contributed by atoms with Crippen molar-refractivity contribution in [1.82, 2.24) is 5.32 Å². The van der Waals surface area contributed by atoms with Crippen LogP contribution in [0.1, 0.15) is 19.8 Å². The molecular formula is C16H19F3N2O4. The van der Waals surface area contributed by atoms with Crippen LogP contribution in [0.25, 0.3) is 0 Å². The van der Waals surface area contributed by atoms with Gasteiger partial charge in [0, 0.05) is 31.3 Å². The minimum atomic E-state index is -4.80. The van der Waals surface area contributed by atoms with Gasteiger partial charge in [0.1, 0.15) is 11.8 Å². The third kappa shape index (κ3) is 5.63. The van der Waals surface area contributed by atoms with Crippen molar-refractivity contribution in [3.05, 3.63) is 24.3 Å². The van der Waals surface area contributed by atoms with E-state index >= 15 is 0 Å². The number of hydrogen-bond donors (Lipinski definition) is 1. The van der Waals surface area contributed by atoms with Gasteiger partial charge in [-0.2, -0.15) is 0 Å². The zero-order chi connectivity index (χ0) is 18.4. The molecule has 1 atom stereocenters. The molecule has 2 amide bonds. The van der Waals surface area contributed by atoms with Crippen molar-refractivity contribution in [1.29, 1.82) is 0 Å². The lowest BCUT2D eigenvalue weighted by molar-refractivity contribution is -0.274. The van der Waals surface area contributed by atoms with E-state index in [1.54, 1.807) is 0 Å². The first kappa shape index (κ1) is 19.0. The van der Waals surface area contributed by atoms with Crippen LogP contribution in [0.3, 0.4) is 0 Å². The van der Waals surface area contributed by atoms with E-state index in [4.69, 9.17) is 4.74 Å². The average Bonchev–Trinajstić information content (AvgIpc) is 2.87. The lowest BCUT2D eigenvalue weighted by Crippen LogP contribution is -2.41. The number of nitrogens with zero attached hydrogens (tertiary/aromatic N) is 1. The molecule has 1 fully saturated rings. The first-order chi connectivity index (χ1) is 11.8. The molecule has 25 heavy (non-hydrogen) atoms. The molecule has 0 spiro atoms. The van der Waals surface area contributed by atoms with E-state index in [9.17, 15) is 22.8 Å². The van der Waals surface area contributed by atoms with Gasteiger partial charge in [-0.25, -0.2) is 0 Å². The van der Waals surface area contributed by atoms with Gasteiger partial charge < -0.3 is 19.7 Å². The monoisotopic (exact) mass is 360 g/mol. The summed E-state index contributed by atoms with van der Waals surface area (Å²) in [6.07, 6.45) is -4.28. The molecule has 0 bridgehead atoms. The van der Waals surface area contributed by atoms with E-state index < -0.39 is 18.2 Å². The topological polar surface area (TPSA) is 67.9 Å². The predicted octanol–water partition coefficient (Wildman–Crippen LogP) is 2.23. The van der Waals surface area contributed by atoms with E-state index in [-0.39, 0.29) is 30.5 Å². The molecular weight excluding hydrogens is 341 g/mol. The molecule has 1 aliphatic heterocycles. The Hall–Kier alpha value is -2.29. The largest absolute Gasteiger partial charge is 0.573 e. The molecule has 138 valence electrons. The fraction of sp³-hybridized carbons (Fsp3) is 0.500. The Bertz CT molecular complexity index is 622. The van der Waals surface area contributed by atoms with Gasteiger partial charge in [0.05, 0.1) is 6.61 Å². The standard InChI is InChI=1S/C16H19F3N2O4/c1-2-24-9-7-14(22)20-13-6-8-21(15(13)23)11-4-3-5-12(10-11)25-16(17,18)19/h3-5,10,13H,2,6-9H2,1H3,(H,20,22)/t13-/m1/s1. The Kier molecular flexibility index (Phi) is 6.24. The van der Waals surface area contributed by atoms with Crippen LogP contribution >= 0.6 is 0 Å². The number of nitrogens with one attached hydrogen (secondary N) is 1. The fourth-order valence-electron chi connectivity index (χ4n) is 2.49. The molecule has 0 saturated carbocycles. The molecule has 0 unspecified atom stereocenters. The van der Waals surface area contributed by atoms with E-state index in [0.717, 1.165) is 12.1 Å². The molecule has 1 aromatic rings. The summed E-state index contributed by atoms with van der Waals surface area (Å²) in [5.74, 6) is -1.07. The second-order valence-corrected chi connectivity index (χ2v) is 5.39. The van der Waals surface area contributed by atoms with Crippen LogP contribution in [0, 0.1) is 0 Å². The Morgan fingerprint density at radius 1 is 1.40 bits per heavy atom. The van der Waals surface area contributed by atoms with Crippen molar-refractivity contribution in [3.8, 4) is 5.75 Å². The normalized spacial score (nSPS) is 17.7. The van der Waals surface area contributed by atoms with Crippen molar-refractivity contribution in [2.75, 3.05) is 24.7 Å². The van der Waals surface area contributed by atoms with Gasteiger partial charge in [0.2, 0.25) is 11.8 Å². The number of alkyl halides is 3.